The van der Waals surface area contributed by atoms with Crippen molar-refractivity contribution in [3.63, 3.8) is 0 Å². The Morgan fingerprint density at radius 1 is 1.27 bits per heavy atom. The highest BCUT2D eigenvalue weighted by Crippen LogP contribution is 2.36. The number of rotatable bonds is 6. The van der Waals surface area contributed by atoms with Crippen LogP contribution in [0.15, 0.2) is 35.6 Å². The first kappa shape index (κ1) is 27.2. The van der Waals surface area contributed by atoms with Gasteiger partial charge < -0.3 is 19.6 Å². The van der Waals surface area contributed by atoms with Crippen molar-refractivity contribution in [1.82, 2.24) is 10.2 Å². The molecule has 2 atom stereocenters. The monoisotopic (exact) mass is 478 g/mol. The molecule has 33 heavy (non-hydrogen) atoms. The Morgan fingerprint density at radius 3 is 2.45 bits per heavy atom. The van der Waals surface area contributed by atoms with Gasteiger partial charge in [-0.3, -0.25) is 4.90 Å². The molecule has 2 unspecified atom stereocenters. The molecule has 0 saturated carbocycles. The van der Waals surface area contributed by atoms with Gasteiger partial charge in [0.25, 0.3) is 0 Å². The fraction of sp³-hybridized carbons (Fsp3) is 0.680. The van der Waals surface area contributed by atoms with Crippen LogP contribution < -0.4 is 5.32 Å². The SMILES string of the molecule is CC(C)(C)OC(=O)N1CC2=C(CC1C=CCCO[Si](C)(C)C(C)(C)C)NC(C)(C(=O)O)C=C2. The summed E-state index contributed by atoms with van der Waals surface area (Å²) in [7, 11) is -1.80. The minimum absolute atomic E-state index is 0.160. The summed E-state index contributed by atoms with van der Waals surface area (Å²) >= 11 is 0. The Bertz CT molecular complexity index is 848. The van der Waals surface area contributed by atoms with Crippen LogP contribution in [0.4, 0.5) is 4.79 Å². The Labute approximate surface area is 200 Å². The van der Waals surface area contributed by atoms with Gasteiger partial charge in [0.1, 0.15) is 5.60 Å². The van der Waals surface area contributed by atoms with Gasteiger partial charge in [-0.25, -0.2) is 9.59 Å². The van der Waals surface area contributed by atoms with Crippen molar-refractivity contribution >= 4 is 20.4 Å². The lowest BCUT2D eigenvalue weighted by molar-refractivity contribution is -0.141. The molecule has 0 aromatic heterocycles. The third-order valence-electron chi connectivity index (χ3n) is 6.55. The van der Waals surface area contributed by atoms with Gasteiger partial charge in [-0.05, 0) is 63.9 Å². The van der Waals surface area contributed by atoms with Crippen molar-refractivity contribution in [3.05, 3.63) is 35.6 Å². The van der Waals surface area contributed by atoms with Crippen LogP contribution in [0.25, 0.3) is 0 Å². The number of nitrogens with zero attached hydrogens (tertiary/aromatic N) is 1. The average Bonchev–Trinajstić information content (AvgIpc) is 2.64. The standard InChI is InChI=1S/C25H42N2O5Si/c1-23(2,3)32-22(30)27-17-18-13-14-25(7,21(28)29)26-20(18)16-19(27)12-10-11-15-31-33(8,9)24(4,5)6/h10,12-14,19,26H,11,15-17H2,1-9H3,(H,28,29). The molecule has 0 radical (unpaired) electrons. The highest BCUT2D eigenvalue weighted by atomic mass is 28.4. The second-order valence-corrected chi connectivity index (χ2v) is 16.5. The molecule has 0 aromatic rings. The molecule has 2 aliphatic heterocycles. The largest absolute Gasteiger partial charge is 0.479 e. The summed E-state index contributed by atoms with van der Waals surface area (Å²) in [6, 6.07) is -0.233. The third kappa shape index (κ3) is 6.96. The molecule has 0 bridgehead atoms. The van der Waals surface area contributed by atoms with Crippen molar-refractivity contribution in [1.29, 1.82) is 0 Å². The number of carbonyl (C=O) groups is 2. The van der Waals surface area contributed by atoms with Crippen LogP contribution in [0.5, 0.6) is 0 Å². The molecule has 0 fully saturated rings. The summed E-state index contributed by atoms with van der Waals surface area (Å²) in [5.41, 5.74) is 0.0115. The Balaban J connectivity index is 2.15. The van der Waals surface area contributed by atoms with Gasteiger partial charge in [-0.15, -0.1) is 0 Å². The minimum Gasteiger partial charge on any atom is -0.479 e. The Kier molecular flexibility index (Phi) is 7.96. The van der Waals surface area contributed by atoms with Crippen LogP contribution in [0, 0.1) is 0 Å². The van der Waals surface area contributed by atoms with E-state index in [0.717, 1.165) is 17.7 Å². The van der Waals surface area contributed by atoms with Gasteiger partial charge >= 0.3 is 12.1 Å². The first-order valence-electron chi connectivity index (χ1n) is 11.7. The molecule has 2 heterocycles. The van der Waals surface area contributed by atoms with Gasteiger partial charge in [-0.1, -0.05) is 39.0 Å². The lowest BCUT2D eigenvalue weighted by atomic mass is 9.89. The van der Waals surface area contributed by atoms with Crippen molar-refractivity contribution in [2.24, 2.45) is 0 Å². The molecule has 1 amide bonds. The lowest BCUT2D eigenvalue weighted by Crippen LogP contribution is -2.54. The predicted octanol–water partition coefficient (Wildman–Crippen LogP) is 5.22. The summed E-state index contributed by atoms with van der Waals surface area (Å²) < 4.78 is 11.9. The number of hydrogen-bond acceptors (Lipinski definition) is 5. The van der Waals surface area contributed by atoms with Crippen molar-refractivity contribution in [3.8, 4) is 0 Å². The molecule has 186 valence electrons. The van der Waals surface area contributed by atoms with Crippen molar-refractivity contribution < 1.29 is 23.9 Å². The lowest BCUT2D eigenvalue weighted by Gasteiger charge is -2.41. The van der Waals surface area contributed by atoms with Gasteiger partial charge in [0.2, 0.25) is 0 Å². The zero-order valence-electron chi connectivity index (χ0n) is 21.7. The van der Waals surface area contributed by atoms with E-state index in [0.29, 0.717) is 19.6 Å². The van der Waals surface area contributed by atoms with E-state index < -0.39 is 25.4 Å². The van der Waals surface area contributed by atoms with E-state index in [4.69, 9.17) is 9.16 Å². The summed E-state index contributed by atoms with van der Waals surface area (Å²) in [6.07, 6.45) is 8.39. The molecular formula is C25H42N2O5Si. The van der Waals surface area contributed by atoms with Crippen LogP contribution in [-0.2, 0) is 14.0 Å². The highest BCUT2D eigenvalue weighted by Gasteiger charge is 2.39. The third-order valence-corrected chi connectivity index (χ3v) is 11.1. The van der Waals surface area contributed by atoms with Crippen molar-refractivity contribution in [2.45, 2.75) is 96.6 Å². The van der Waals surface area contributed by atoms with Crippen LogP contribution in [0.3, 0.4) is 0 Å². The maximum atomic E-state index is 13.0. The van der Waals surface area contributed by atoms with Gasteiger partial charge in [0.05, 0.1) is 12.6 Å². The summed E-state index contributed by atoms with van der Waals surface area (Å²) in [6.45, 7) is 19.3. The van der Waals surface area contributed by atoms with E-state index in [2.05, 4.69) is 45.3 Å². The molecule has 0 spiro atoms. The van der Waals surface area contributed by atoms with Crippen LogP contribution in [-0.4, -0.2) is 60.7 Å². The molecule has 0 aromatic carbocycles. The number of hydrogen-bond donors (Lipinski definition) is 2. The molecule has 2 aliphatic rings. The summed E-state index contributed by atoms with van der Waals surface area (Å²) in [5.74, 6) is -0.935. The summed E-state index contributed by atoms with van der Waals surface area (Å²) in [4.78, 5) is 26.4. The van der Waals surface area contributed by atoms with Gasteiger partial charge in [0, 0.05) is 18.7 Å². The number of carboxylic acid groups (broad SMARTS) is 1. The molecule has 8 heteroatoms. The van der Waals surface area contributed by atoms with E-state index >= 15 is 0 Å². The molecule has 7 nitrogen and oxygen atoms in total. The topological polar surface area (TPSA) is 88.1 Å². The van der Waals surface area contributed by atoms with Gasteiger partial charge in [-0.2, -0.15) is 0 Å². The van der Waals surface area contributed by atoms with E-state index in [-0.39, 0.29) is 17.2 Å². The zero-order valence-corrected chi connectivity index (χ0v) is 22.7. The molecular weight excluding hydrogens is 436 g/mol. The number of carbonyl (C=O) groups excluding carboxylic acids is 1. The second-order valence-electron chi connectivity index (χ2n) is 11.7. The molecule has 0 saturated heterocycles. The fourth-order valence-corrected chi connectivity index (χ4v) is 4.48. The normalized spacial score (nSPS) is 24.0. The number of dihydropyridines is 1. The number of amides is 1. The highest BCUT2D eigenvalue weighted by molar-refractivity contribution is 6.74. The first-order chi connectivity index (χ1) is 15.0. The van der Waals surface area contributed by atoms with Crippen molar-refractivity contribution in [2.75, 3.05) is 13.2 Å². The predicted molar refractivity (Wildman–Crippen MR) is 134 cm³/mol. The Hall–Kier alpha value is -2.06. The van der Waals surface area contributed by atoms with E-state index in [1.165, 1.54) is 0 Å². The number of aliphatic carboxylic acids is 1. The van der Waals surface area contributed by atoms with Gasteiger partial charge in [0.15, 0.2) is 13.9 Å². The first-order valence-corrected chi connectivity index (χ1v) is 14.6. The number of carboxylic acids is 1. The van der Waals surface area contributed by atoms with E-state index in [1.54, 1.807) is 17.9 Å². The summed E-state index contributed by atoms with van der Waals surface area (Å²) in [5, 5.41) is 12.9. The van der Waals surface area contributed by atoms with E-state index in [1.807, 2.05) is 32.9 Å². The quantitative estimate of drug-likeness (QED) is 0.309. The van der Waals surface area contributed by atoms with E-state index in [9.17, 15) is 14.7 Å². The maximum Gasteiger partial charge on any atom is 0.411 e. The molecule has 2 N–H and O–H groups in total. The molecule has 0 aliphatic carbocycles. The zero-order chi connectivity index (χ0) is 25.2. The second kappa shape index (κ2) is 9.66. The number of ether oxygens (including phenoxy) is 1. The Morgan fingerprint density at radius 2 is 1.91 bits per heavy atom. The maximum absolute atomic E-state index is 13.0. The average molecular weight is 479 g/mol. The molecule has 2 rings (SSSR count). The van der Waals surface area contributed by atoms with Crippen LogP contribution >= 0.6 is 0 Å². The smallest absolute Gasteiger partial charge is 0.411 e. The minimum atomic E-state index is -1.80. The fourth-order valence-electron chi connectivity index (χ4n) is 3.42. The van der Waals surface area contributed by atoms with Crippen LogP contribution in [0.1, 0.15) is 61.3 Å². The number of nitrogens with one attached hydrogen (secondary N) is 1. The van der Waals surface area contributed by atoms with Crippen LogP contribution in [0.2, 0.25) is 18.1 Å².